The lowest BCUT2D eigenvalue weighted by Crippen LogP contribution is -2.39. The molecule has 0 heterocycles. The zero-order valence-corrected chi connectivity index (χ0v) is 12.4. The number of nitrogens with two attached hydrogens (primary N) is 1. The molecule has 1 aromatic carbocycles. The maximum atomic E-state index is 12.5. The smallest absolute Gasteiger partial charge is 0.235 e. The predicted octanol–water partition coefficient (Wildman–Crippen LogP) is 2.10. The van der Waals surface area contributed by atoms with Crippen molar-refractivity contribution in [2.75, 3.05) is 10.1 Å². The van der Waals surface area contributed by atoms with Gasteiger partial charge in [0.2, 0.25) is 10.0 Å². The summed E-state index contributed by atoms with van der Waals surface area (Å²) in [4.78, 5) is 0. The van der Waals surface area contributed by atoms with Crippen LogP contribution in [0.4, 0.5) is 5.69 Å². The zero-order chi connectivity index (χ0) is 14.0. The zero-order valence-electron chi connectivity index (χ0n) is 11.5. The summed E-state index contributed by atoms with van der Waals surface area (Å²) < 4.78 is 26.5. The minimum Gasteiger partial charge on any atom is -0.326 e. The Kier molecular flexibility index (Phi) is 4.16. The van der Waals surface area contributed by atoms with Crippen molar-refractivity contribution < 1.29 is 8.42 Å². The Morgan fingerprint density at radius 2 is 1.84 bits per heavy atom. The summed E-state index contributed by atoms with van der Waals surface area (Å²) in [5.74, 6) is 0.624. The predicted molar refractivity (Wildman–Crippen MR) is 78.5 cm³/mol. The summed E-state index contributed by atoms with van der Waals surface area (Å²) in [7, 11) is -3.23. The molecular formula is C14H22N2O2S. The van der Waals surface area contributed by atoms with Crippen molar-refractivity contribution in [3.05, 3.63) is 29.8 Å². The first-order valence-corrected chi connectivity index (χ1v) is 8.36. The third-order valence-corrected chi connectivity index (χ3v) is 5.46. The molecule has 5 heteroatoms. The van der Waals surface area contributed by atoms with Crippen LogP contribution >= 0.6 is 0 Å². The molecule has 106 valence electrons. The van der Waals surface area contributed by atoms with E-state index in [2.05, 4.69) is 0 Å². The Bertz CT molecular complexity index is 519. The number of rotatable bonds is 6. The number of anilines is 1. The van der Waals surface area contributed by atoms with Crippen LogP contribution in [-0.4, -0.2) is 20.2 Å². The van der Waals surface area contributed by atoms with Crippen LogP contribution in [0.3, 0.4) is 0 Å². The number of nitrogens with zero attached hydrogens (tertiary/aromatic N) is 1. The Morgan fingerprint density at radius 3 is 2.26 bits per heavy atom. The first-order chi connectivity index (χ1) is 8.94. The second-order valence-corrected chi connectivity index (χ2v) is 7.37. The van der Waals surface area contributed by atoms with Gasteiger partial charge in [0.15, 0.2) is 0 Å². The Morgan fingerprint density at radius 1 is 1.26 bits per heavy atom. The van der Waals surface area contributed by atoms with Gasteiger partial charge in [0, 0.05) is 12.6 Å². The molecule has 1 aromatic rings. The molecule has 1 aliphatic carbocycles. The van der Waals surface area contributed by atoms with Crippen molar-refractivity contribution in [3.8, 4) is 0 Å². The molecule has 1 fully saturated rings. The molecule has 0 spiro atoms. The largest absolute Gasteiger partial charge is 0.326 e. The highest BCUT2D eigenvalue weighted by molar-refractivity contribution is 7.92. The van der Waals surface area contributed by atoms with Crippen LogP contribution in [0.25, 0.3) is 0 Å². The van der Waals surface area contributed by atoms with Crippen LogP contribution in [0.2, 0.25) is 0 Å². The van der Waals surface area contributed by atoms with Crippen LogP contribution in [0.1, 0.15) is 32.3 Å². The number of hydrogen-bond acceptors (Lipinski definition) is 3. The fraction of sp³-hybridized carbons (Fsp3) is 0.571. The first-order valence-electron chi connectivity index (χ1n) is 6.75. The number of sulfonamides is 1. The summed E-state index contributed by atoms with van der Waals surface area (Å²) in [5.41, 5.74) is 7.30. The van der Waals surface area contributed by atoms with Gasteiger partial charge in [-0.15, -0.1) is 0 Å². The summed E-state index contributed by atoms with van der Waals surface area (Å²) in [6.07, 6.45) is 2.08. The van der Waals surface area contributed by atoms with Crippen LogP contribution < -0.4 is 10.0 Å². The van der Waals surface area contributed by atoms with Crippen molar-refractivity contribution in [3.63, 3.8) is 0 Å². The standard InChI is InChI=1S/C14H22N2O2S/c1-11(2)16(19(17,18)10-13-3-4-13)14-7-5-12(9-15)6-8-14/h5-8,11,13H,3-4,9-10,15H2,1-2H3. The van der Waals surface area contributed by atoms with Gasteiger partial charge in [-0.2, -0.15) is 0 Å². The van der Waals surface area contributed by atoms with Gasteiger partial charge < -0.3 is 5.73 Å². The lowest BCUT2D eigenvalue weighted by Gasteiger charge is -2.28. The highest BCUT2D eigenvalue weighted by atomic mass is 32.2. The molecule has 0 radical (unpaired) electrons. The Hall–Kier alpha value is -1.07. The lowest BCUT2D eigenvalue weighted by molar-refractivity contribution is 0.580. The van der Waals surface area contributed by atoms with Crippen molar-refractivity contribution >= 4 is 15.7 Å². The summed E-state index contributed by atoms with van der Waals surface area (Å²) >= 11 is 0. The van der Waals surface area contributed by atoms with E-state index in [1.807, 2.05) is 38.1 Å². The molecular weight excluding hydrogens is 260 g/mol. The van der Waals surface area contributed by atoms with E-state index < -0.39 is 10.0 Å². The van der Waals surface area contributed by atoms with Gasteiger partial charge in [-0.05, 0) is 50.3 Å². The SMILES string of the molecule is CC(C)N(c1ccc(CN)cc1)S(=O)(=O)CC1CC1. The maximum absolute atomic E-state index is 12.5. The van der Waals surface area contributed by atoms with Crippen LogP contribution in [0, 0.1) is 5.92 Å². The van der Waals surface area contributed by atoms with Gasteiger partial charge in [-0.25, -0.2) is 8.42 Å². The fourth-order valence-electron chi connectivity index (χ4n) is 2.22. The molecule has 0 amide bonds. The normalized spacial score (nSPS) is 15.8. The molecule has 2 N–H and O–H groups in total. The molecule has 0 unspecified atom stereocenters. The van der Waals surface area contributed by atoms with E-state index in [1.54, 1.807) is 0 Å². The summed E-state index contributed by atoms with van der Waals surface area (Å²) in [5, 5.41) is 0. The third-order valence-electron chi connectivity index (χ3n) is 3.34. The molecule has 0 saturated heterocycles. The van der Waals surface area contributed by atoms with Gasteiger partial charge in [-0.1, -0.05) is 12.1 Å². The van der Waals surface area contributed by atoms with Crippen molar-refractivity contribution in [2.24, 2.45) is 11.7 Å². The molecule has 0 bridgehead atoms. The van der Waals surface area contributed by atoms with E-state index in [1.165, 1.54) is 4.31 Å². The van der Waals surface area contributed by atoms with E-state index in [-0.39, 0.29) is 11.8 Å². The molecule has 19 heavy (non-hydrogen) atoms. The summed E-state index contributed by atoms with van der Waals surface area (Å²) in [6.45, 7) is 4.28. The highest BCUT2D eigenvalue weighted by Crippen LogP contribution is 2.33. The van der Waals surface area contributed by atoms with E-state index in [9.17, 15) is 8.42 Å². The van der Waals surface area contributed by atoms with E-state index in [0.717, 1.165) is 24.1 Å². The van der Waals surface area contributed by atoms with Gasteiger partial charge in [0.1, 0.15) is 0 Å². The molecule has 0 aliphatic heterocycles. The quantitative estimate of drug-likeness (QED) is 0.869. The van der Waals surface area contributed by atoms with Gasteiger partial charge in [0.05, 0.1) is 11.4 Å². The average molecular weight is 282 g/mol. The molecule has 4 nitrogen and oxygen atoms in total. The third kappa shape index (κ3) is 3.48. The number of benzene rings is 1. The second-order valence-electron chi connectivity index (χ2n) is 5.48. The molecule has 0 atom stereocenters. The topological polar surface area (TPSA) is 63.4 Å². The minimum absolute atomic E-state index is 0.0764. The van der Waals surface area contributed by atoms with Crippen LogP contribution in [0.5, 0.6) is 0 Å². The number of hydrogen-bond donors (Lipinski definition) is 1. The minimum atomic E-state index is -3.23. The van der Waals surface area contributed by atoms with Crippen molar-refractivity contribution in [1.29, 1.82) is 0 Å². The monoisotopic (exact) mass is 282 g/mol. The van der Waals surface area contributed by atoms with Crippen molar-refractivity contribution in [1.82, 2.24) is 0 Å². The van der Waals surface area contributed by atoms with E-state index in [4.69, 9.17) is 5.73 Å². The first kappa shape index (κ1) is 14.3. The maximum Gasteiger partial charge on any atom is 0.235 e. The van der Waals surface area contributed by atoms with Crippen molar-refractivity contribution in [2.45, 2.75) is 39.3 Å². The van der Waals surface area contributed by atoms with E-state index in [0.29, 0.717) is 12.5 Å². The molecule has 0 aromatic heterocycles. The summed E-state index contributed by atoms with van der Waals surface area (Å²) in [6, 6.07) is 7.38. The lowest BCUT2D eigenvalue weighted by atomic mass is 10.2. The molecule has 1 saturated carbocycles. The Balaban J connectivity index is 2.27. The second kappa shape index (κ2) is 5.51. The Labute approximate surface area is 115 Å². The van der Waals surface area contributed by atoms with Crippen LogP contribution in [-0.2, 0) is 16.6 Å². The molecule has 2 rings (SSSR count). The highest BCUT2D eigenvalue weighted by Gasteiger charge is 2.33. The van der Waals surface area contributed by atoms with Gasteiger partial charge in [0.25, 0.3) is 0 Å². The van der Waals surface area contributed by atoms with E-state index >= 15 is 0 Å². The van der Waals surface area contributed by atoms with Gasteiger partial charge in [-0.3, -0.25) is 4.31 Å². The van der Waals surface area contributed by atoms with Gasteiger partial charge >= 0.3 is 0 Å². The molecule has 1 aliphatic rings. The fourth-order valence-corrected chi connectivity index (χ4v) is 4.40. The van der Waals surface area contributed by atoms with Crippen LogP contribution in [0.15, 0.2) is 24.3 Å². The average Bonchev–Trinajstić information content (AvgIpc) is 3.12.